The summed E-state index contributed by atoms with van der Waals surface area (Å²) >= 11 is 0. The highest BCUT2D eigenvalue weighted by Crippen LogP contribution is 2.39. The Morgan fingerprint density at radius 2 is 1.79 bits per heavy atom. The molecule has 5 rings (SSSR count). The summed E-state index contributed by atoms with van der Waals surface area (Å²) in [6.07, 6.45) is 3.57. The minimum absolute atomic E-state index is 0.0577. The molecule has 11 nitrogen and oxygen atoms in total. The molecule has 0 atom stereocenters. The summed E-state index contributed by atoms with van der Waals surface area (Å²) in [5, 5.41) is 22.0. The van der Waals surface area contributed by atoms with Crippen LogP contribution >= 0.6 is 0 Å². The zero-order valence-corrected chi connectivity index (χ0v) is 21.0. The van der Waals surface area contributed by atoms with Gasteiger partial charge in [-0.25, -0.2) is 0 Å². The lowest BCUT2D eigenvalue weighted by molar-refractivity contribution is 0.0947. The lowest BCUT2D eigenvalue weighted by atomic mass is 10.1. The molecule has 0 unspecified atom stereocenters. The van der Waals surface area contributed by atoms with Gasteiger partial charge in [0.2, 0.25) is 11.8 Å². The molecule has 2 heterocycles. The summed E-state index contributed by atoms with van der Waals surface area (Å²) in [5.74, 6) is 0.856. The zero-order chi connectivity index (χ0) is 26.6. The first-order chi connectivity index (χ1) is 18.5. The molecule has 1 aliphatic carbocycles. The molecule has 2 aromatic heterocycles. The van der Waals surface area contributed by atoms with Crippen LogP contribution in [0.25, 0.3) is 17.1 Å². The number of aryl methyl sites for hydroxylation is 1. The molecule has 0 spiro atoms. The van der Waals surface area contributed by atoms with E-state index in [1.54, 1.807) is 42.5 Å². The molecule has 1 aliphatic rings. The van der Waals surface area contributed by atoms with Crippen LogP contribution in [-0.4, -0.2) is 45.0 Å². The van der Waals surface area contributed by atoms with Crippen molar-refractivity contribution in [1.82, 2.24) is 25.1 Å². The van der Waals surface area contributed by atoms with Gasteiger partial charge in [0, 0.05) is 12.0 Å². The van der Waals surface area contributed by atoms with Gasteiger partial charge in [-0.05, 0) is 36.6 Å². The molecule has 0 bridgehead atoms. The van der Waals surface area contributed by atoms with E-state index in [9.17, 15) is 14.7 Å². The van der Waals surface area contributed by atoms with Crippen molar-refractivity contribution < 1.29 is 23.8 Å². The normalized spacial score (nSPS) is 12.8. The van der Waals surface area contributed by atoms with Gasteiger partial charge < -0.3 is 24.3 Å². The van der Waals surface area contributed by atoms with Crippen molar-refractivity contribution in [2.24, 2.45) is 5.92 Å². The number of carbonyl (C=O) groups excluding carboxylic acids is 1. The topological polar surface area (TPSA) is 142 Å². The van der Waals surface area contributed by atoms with Crippen molar-refractivity contribution in [2.45, 2.75) is 32.2 Å². The summed E-state index contributed by atoms with van der Waals surface area (Å²) in [6.45, 7) is -0.0666. The fraction of sp³-hybridized carbons (Fsp3) is 0.296. The number of carbonyl (C=O) groups is 1. The maximum atomic E-state index is 13.1. The molecule has 0 saturated heterocycles. The first-order valence-corrected chi connectivity index (χ1v) is 12.2. The van der Waals surface area contributed by atoms with E-state index in [1.165, 1.54) is 18.8 Å². The molecule has 11 heteroatoms. The number of methoxy groups -OCH3 is 2. The van der Waals surface area contributed by atoms with Gasteiger partial charge in [-0.15, -0.1) is 10.2 Å². The maximum absolute atomic E-state index is 13.1. The highest BCUT2D eigenvalue weighted by Gasteiger charge is 2.28. The molecule has 0 aliphatic heterocycles. The number of para-hydroxylation sites is 1. The Bertz CT molecular complexity index is 1490. The third kappa shape index (κ3) is 5.08. The van der Waals surface area contributed by atoms with Crippen LogP contribution in [0.4, 0.5) is 0 Å². The molecule has 196 valence electrons. The molecule has 1 amide bonds. The van der Waals surface area contributed by atoms with E-state index in [2.05, 4.69) is 20.5 Å². The summed E-state index contributed by atoms with van der Waals surface area (Å²) in [6, 6.07) is 13.9. The number of nitrogens with one attached hydrogen (secondary N) is 1. The predicted molar refractivity (Wildman–Crippen MR) is 137 cm³/mol. The minimum atomic E-state index is -0.707. The molecule has 2 N–H and O–H groups in total. The largest absolute Gasteiger partial charge is 0.494 e. The highest BCUT2D eigenvalue weighted by molar-refractivity contribution is 5.94. The van der Waals surface area contributed by atoms with Gasteiger partial charge >= 0.3 is 0 Å². The molecular weight excluding hydrogens is 490 g/mol. The van der Waals surface area contributed by atoms with Crippen molar-refractivity contribution in [2.75, 3.05) is 14.2 Å². The summed E-state index contributed by atoms with van der Waals surface area (Å²) in [7, 11) is 3.01. The van der Waals surface area contributed by atoms with Crippen LogP contribution in [0.15, 0.2) is 57.7 Å². The second-order valence-electron chi connectivity index (χ2n) is 8.91. The van der Waals surface area contributed by atoms with Crippen LogP contribution in [0, 0.1) is 5.92 Å². The Kier molecular flexibility index (Phi) is 7.07. The van der Waals surface area contributed by atoms with E-state index in [4.69, 9.17) is 13.9 Å². The number of ether oxygens (including phenoxy) is 2. The van der Waals surface area contributed by atoms with Crippen LogP contribution < -0.4 is 20.3 Å². The summed E-state index contributed by atoms with van der Waals surface area (Å²) in [5.41, 5.74) is -0.0999. The van der Waals surface area contributed by atoms with Crippen molar-refractivity contribution in [1.29, 1.82) is 0 Å². The number of benzene rings is 2. The summed E-state index contributed by atoms with van der Waals surface area (Å²) < 4.78 is 18.2. The monoisotopic (exact) mass is 517 g/mol. The third-order valence-electron chi connectivity index (χ3n) is 6.35. The fourth-order valence-corrected chi connectivity index (χ4v) is 4.21. The summed E-state index contributed by atoms with van der Waals surface area (Å²) in [4.78, 5) is 29.8. The van der Waals surface area contributed by atoms with Gasteiger partial charge in [0.25, 0.3) is 17.4 Å². The van der Waals surface area contributed by atoms with Crippen LogP contribution in [0.5, 0.6) is 17.4 Å². The van der Waals surface area contributed by atoms with Crippen LogP contribution in [0.3, 0.4) is 0 Å². The first-order valence-electron chi connectivity index (χ1n) is 12.2. The number of rotatable bonds is 10. The van der Waals surface area contributed by atoms with E-state index >= 15 is 0 Å². The van der Waals surface area contributed by atoms with E-state index in [1.807, 2.05) is 6.07 Å². The number of hydrogen-bond donors (Lipinski definition) is 2. The Hall–Kier alpha value is -4.67. The molecular formula is C27H27N5O6. The number of nitrogens with zero attached hydrogens (tertiary/aromatic N) is 4. The molecule has 38 heavy (non-hydrogen) atoms. The van der Waals surface area contributed by atoms with Gasteiger partial charge in [0.05, 0.1) is 20.8 Å². The maximum Gasteiger partial charge on any atom is 0.289 e. The standard InChI is InChI=1S/C27H27N5O6/c1-36-18-9-6-10-19(37-2)23(18)32-20(14-13-16-11-12-16)29-25(34)22(27(32)35)26-31-30-21(38-26)15-28-24(33)17-7-4-3-5-8-17/h3-10,16,35H,11-15H2,1-2H3,(H,28,33). The van der Waals surface area contributed by atoms with E-state index < -0.39 is 11.4 Å². The van der Waals surface area contributed by atoms with Crippen molar-refractivity contribution >= 4 is 5.91 Å². The van der Waals surface area contributed by atoms with Crippen LogP contribution in [-0.2, 0) is 13.0 Å². The molecule has 0 radical (unpaired) electrons. The molecule has 2 aromatic carbocycles. The van der Waals surface area contributed by atoms with Crippen molar-refractivity contribution in [3.8, 4) is 34.5 Å². The van der Waals surface area contributed by atoms with E-state index in [0.29, 0.717) is 40.9 Å². The van der Waals surface area contributed by atoms with Crippen LogP contribution in [0.1, 0.15) is 41.3 Å². The third-order valence-corrected chi connectivity index (χ3v) is 6.35. The van der Waals surface area contributed by atoms with Crippen LogP contribution in [0.2, 0.25) is 0 Å². The van der Waals surface area contributed by atoms with Gasteiger partial charge in [0.15, 0.2) is 5.56 Å². The Morgan fingerprint density at radius 3 is 2.45 bits per heavy atom. The van der Waals surface area contributed by atoms with Gasteiger partial charge in [-0.1, -0.05) is 37.1 Å². The first kappa shape index (κ1) is 25.0. The van der Waals surface area contributed by atoms with E-state index in [-0.39, 0.29) is 29.8 Å². The van der Waals surface area contributed by atoms with Crippen molar-refractivity contribution in [3.05, 3.63) is 76.2 Å². The van der Waals surface area contributed by atoms with Gasteiger partial charge in [0.1, 0.15) is 23.0 Å². The fourth-order valence-electron chi connectivity index (χ4n) is 4.21. The smallest absolute Gasteiger partial charge is 0.289 e. The second-order valence-corrected chi connectivity index (χ2v) is 8.91. The molecule has 1 fully saturated rings. The Labute approximate surface area is 218 Å². The second kappa shape index (κ2) is 10.8. The number of aromatic nitrogens is 4. The molecule has 1 saturated carbocycles. The number of aromatic hydroxyl groups is 1. The Balaban J connectivity index is 1.53. The van der Waals surface area contributed by atoms with Gasteiger partial charge in [-0.3, -0.25) is 14.2 Å². The van der Waals surface area contributed by atoms with Gasteiger partial charge in [-0.2, -0.15) is 4.98 Å². The average molecular weight is 518 g/mol. The molecule has 4 aromatic rings. The van der Waals surface area contributed by atoms with E-state index in [0.717, 1.165) is 19.3 Å². The SMILES string of the molecule is COc1cccc(OC)c1-n1c(CCC2CC2)nc(=O)c(-c2nnc(CNC(=O)c3ccccc3)o2)c1O. The minimum Gasteiger partial charge on any atom is -0.494 e. The average Bonchev–Trinajstić information content (AvgIpc) is 3.66. The Morgan fingerprint density at radius 1 is 1.08 bits per heavy atom. The lowest BCUT2D eigenvalue weighted by Crippen LogP contribution is -2.22. The highest BCUT2D eigenvalue weighted by atomic mass is 16.5. The number of amides is 1. The zero-order valence-electron chi connectivity index (χ0n) is 21.0. The predicted octanol–water partition coefficient (Wildman–Crippen LogP) is 3.28. The lowest BCUT2D eigenvalue weighted by Gasteiger charge is -2.20. The number of hydrogen-bond acceptors (Lipinski definition) is 9. The quantitative estimate of drug-likeness (QED) is 0.324. The van der Waals surface area contributed by atoms with Crippen molar-refractivity contribution in [3.63, 3.8) is 0 Å².